The van der Waals surface area contributed by atoms with Gasteiger partial charge in [0.25, 0.3) is 0 Å². The molecule has 0 spiro atoms. The number of alkyl halides is 6. The van der Waals surface area contributed by atoms with Gasteiger partial charge < -0.3 is 20.6 Å². The zero-order valence-corrected chi connectivity index (χ0v) is 14.0. The van der Waals surface area contributed by atoms with Crippen LogP contribution in [0.25, 0.3) is 0 Å². The van der Waals surface area contributed by atoms with E-state index in [2.05, 4.69) is 5.32 Å². The molecule has 154 valence electrons. The van der Waals surface area contributed by atoms with Gasteiger partial charge in [-0.3, -0.25) is 4.79 Å². The third-order valence-corrected chi connectivity index (χ3v) is 3.20. The molecule has 0 saturated heterocycles. The van der Waals surface area contributed by atoms with E-state index in [1.165, 1.54) is 14.0 Å². The van der Waals surface area contributed by atoms with Gasteiger partial charge >= 0.3 is 24.3 Å². The van der Waals surface area contributed by atoms with Crippen molar-refractivity contribution in [3.8, 4) is 0 Å². The van der Waals surface area contributed by atoms with Gasteiger partial charge in [-0.1, -0.05) is 0 Å². The van der Waals surface area contributed by atoms with Gasteiger partial charge in [-0.05, 0) is 37.7 Å². The van der Waals surface area contributed by atoms with Gasteiger partial charge in [0, 0.05) is 6.04 Å². The fourth-order valence-electron chi connectivity index (χ4n) is 1.65. The molecule has 1 aromatic rings. The smallest absolute Gasteiger partial charge is 0.416 e. The van der Waals surface area contributed by atoms with Crippen molar-refractivity contribution >= 4 is 11.9 Å². The highest BCUT2D eigenvalue weighted by Crippen LogP contribution is 2.37. The van der Waals surface area contributed by atoms with Crippen LogP contribution in [0, 0.1) is 0 Å². The second kappa shape index (κ2) is 9.55. The Hall–Kier alpha value is -2.34. The summed E-state index contributed by atoms with van der Waals surface area (Å²) in [5.41, 5.74) is -2.65. The van der Waals surface area contributed by atoms with E-state index in [1.807, 2.05) is 0 Å². The molecule has 1 aromatic carbocycles. The molecular weight excluding hydrogens is 388 g/mol. The summed E-state index contributed by atoms with van der Waals surface area (Å²) in [5, 5.41) is 26.7. The van der Waals surface area contributed by atoms with E-state index in [0.717, 1.165) is 12.1 Å². The van der Waals surface area contributed by atoms with E-state index in [9.17, 15) is 35.9 Å². The first kappa shape index (κ1) is 24.7. The highest BCUT2D eigenvalue weighted by molar-refractivity contribution is 5.79. The van der Waals surface area contributed by atoms with Crippen molar-refractivity contribution in [3.63, 3.8) is 0 Å². The van der Waals surface area contributed by atoms with Crippen LogP contribution in [0.1, 0.15) is 36.1 Å². The lowest BCUT2D eigenvalue weighted by Gasteiger charge is -2.17. The van der Waals surface area contributed by atoms with Crippen LogP contribution in [0.4, 0.5) is 26.3 Å². The van der Waals surface area contributed by atoms with Gasteiger partial charge in [-0.15, -0.1) is 0 Å². The van der Waals surface area contributed by atoms with E-state index in [1.54, 1.807) is 0 Å². The van der Waals surface area contributed by atoms with Crippen molar-refractivity contribution in [1.82, 2.24) is 5.32 Å². The first-order chi connectivity index (χ1) is 12.1. The maximum absolute atomic E-state index is 12.5. The molecule has 0 aliphatic carbocycles. The Bertz CT molecular complexity index is 627. The molecule has 0 aliphatic rings. The molecule has 0 bridgehead atoms. The molecule has 0 fully saturated rings. The lowest BCUT2D eigenvalue weighted by Crippen LogP contribution is -2.22. The minimum Gasteiger partial charge on any atom is -0.481 e. The number of benzene rings is 1. The summed E-state index contributed by atoms with van der Waals surface area (Å²) in [7, 11) is 1.46. The molecule has 0 heterocycles. The molecule has 0 aromatic heterocycles. The van der Waals surface area contributed by atoms with Crippen LogP contribution in [0.3, 0.4) is 0 Å². The summed E-state index contributed by atoms with van der Waals surface area (Å²) in [5.74, 6) is -2.85. The highest BCUT2D eigenvalue weighted by Gasteiger charge is 2.37. The van der Waals surface area contributed by atoms with Gasteiger partial charge in [0.05, 0.1) is 17.5 Å². The number of carbonyl (C=O) groups is 2. The van der Waals surface area contributed by atoms with Crippen molar-refractivity contribution in [3.05, 3.63) is 34.9 Å². The lowest BCUT2D eigenvalue weighted by molar-refractivity contribution is -0.152. The van der Waals surface area contributed by atoms with Gasteiger partial charge in [-0.2, -0.15) is 26.3 Å². The Labute approximate surface area is 149 Å². The Balaban J connectivity index is 0.000000636. The molecule has 12 heteroatoms. The predicted octanol–water partition coefficient (Wildman–Crippen LogP) is 2.91. The fourth-order valence-corrected chi connectivity index (χ4v) is 1.65. The molecule has 6 nitrogen and oxygen atoms in total. The maximum Gasteiger partial charge on any atom is 0.416 e. The highest BCUT2D eigenvalue weighted by atomic mass is 19.4. The average molecular weight is 405 g/mol. The van der Waals surface area contributed by atoms with Crippen molar-refractivity contribution in [2.75, 3.05) is 7.05 Å². The van der Waals surface area contributed by atoms with E-state index < -0.39 is 54.0 Å². The SMILES string of the molecule is CN[C@H](C)c1cc(C(F)(F)F)cc(C(F)(F)F)c1.O=C(O)C[C@H](O)C(=O)O. The van der Waals surface area contributed by atoms with Crippen LogP contribution >= 0.6 is 0 Å². The summed E-state index contributed by atoms with van der Waals surface area (Å²) in [6.07, 6.45) is -12.1. The molecule has 27 heavy (non-hydrogen) atoms. The van der Waals surface area contributed by atoms with Crippen LogP contribution < -0.4 is 5.32 Å². The molecule has 0 aliphatic heterocycles. The quantitative estimate of drug-likeness (QED) is 0.562. The minimum atomic E-state index is -4.80. The zero-order valence-electron chi connectivity index (χ0n) is 14.0. The molecule has 0 unspecified atom stereocenters. The van der Waals surface area contributed by atoms with E-state index in [4.69, 9.17) is 15.3 Å². The number of hydrogen-bond acceptors (Lipinski definition) is 4. The normalized spacial score (nSPS) is 14.0. The first-order valence-electron chi connectivity index (χ1n) is 7.18. The Kier molecular flexibility index (Phi) is 8.73. The second-order valence-corrected chi connectivity index (χ2v) is 5.30. The predicted molar refractivity (Wildman–Crippen MR) is 79.8 cm³/mol. The Morgan fingerprint density at radius 2 is 1.41 bits per heavy atom. The van der Waals surface area contributed by atoms with Crippen molar-refractivity contribution in [2.45, 2.75) is 37.8 Å². The third-order valence-electron chi connectivity index (χ3n) is 3.20. The Morgan fingerprint density at radius 3 is 1.63 bits per heavy atom. The summed E-state index contributed by atoms with van der Waals surface area (Å²) >= 11 is 0. The molecular formula is C15H17F6NO5. The number of aliphatic hydroxyl groups excluding tert-OH is 1. The van der Waals surface area contributed by atoms with Crippen LogP contribution in [0.2, 0.25) is 0 Å². The van der Waals surface area contributed by atoms with E-state index in [-0.39, 0.29) is 11.6 Å². The molecule has 0 radical (unpaired) electrons. The number of nitrogens with one attached hydrogen (secondary N) is 1. The van der Waals surface area contributed by atoms with Gasteiger partial charge in [0.15, 0.2) is 6.10 Å². The molecule has 0 saturated carbocycles. The minimum absolute atomic E-state index is 0.0559. The summed E-state index contributed by atoms with van der Waals surface area (Å²) in [6.45, 7) is 1.48. The lowest BCUT2D eigenvalue weighted by atomic mass is 10.0. The second-order valence-electron chi connectivity index (χ2n) is 5.30. The number of carboxylic acid groups (broad SMARTS) is 2. The van der Waals surface area contributed by atoms with Gasteiger partial charge in [0.1, 0.15) is 0 Å². The molecule has 4 N–H and O–H groups in total. The fraction of sp³-hybridized carbons (Fsp3) is 0.467. The van der Waals surface area contributed by atoms with Crippen molar-refractivity contribution in [2.24, 2.45) is 0 Å². The van der Waals surface area contributed by atoms with E-state index in [0.29, 0.717) is 0 Å². The van der Waals surface area contributed by atoms with Crippen molar-refractivity contribution in [1.29, 1.82) is 0 Å². The Morgan fingerprint density at radius 1 is 1.00 bits per heavy atom. The summed E-state index contributed by atoms with van der Waals surface area (Å²) in [6, 6.07) is 0.951. The number of halogens is 6. The number of hydrogen-bond donors (Lipinski definition) is 4. The standard InChI is InChI=1S/C11H11F6N.C4H6O5/c1-6(18-2)7-3-8(10(12,13)14)5-9(4-7)11(15,16)17;5-2(4(8)9)1-3(6)7/h3-6,18H,1-2H3;2,5H,1H2,(H,6,7)(H,8,9)/t6-;2-/m10/s1. The van der Waals surface area contributed by atoms with Crippen LogP contribution in [-0.4, -0.2) is 40.4 Å². The largest absolute Gasteiger partial charge is 0.481 e. The summed E-state index contributed by atoms with van der Waals surface area (Å²) < 4.78 is 75.1. The topological polar surface area (TPSA) is 107 Å². The number of rotatable bonds is 5. The third kappa shape index (κ3) is 8.73. The number of carboxylic acids is 2. The molecule has 2 atom stereocenters. The molecule has 0 amide bonds. The number of aliphatic hydroxyl groups is 1. The van der Waals surface area contributed by atoms with Gasteiger partial charge in [0.2, 0.25) is 0 Å². The zero-order chi connectivity index (χ0) is 21.6. The maximum atomic E-state index is 12.5. The molecule has 1 rings (SSSR count). The van der Waals surface area contributed by atoms with Gasteiger partial charge in [-0.25, -0.2) is 4.79 Å². The monoisotopic (exact) mass is 405 g/mol. The van der Waals surface area contributed by atoms with Crippen LogP contribution in [-0.2, 0) is 21.9 Å². The van der Waals surface area contributed by atoms with Crippen LogP contribution in [0.15, 0.2) is 18.2 Å². The van der Waals surface area contributed by atoms with E-state index >= 15 is 0 Å². The number of aliphatic carboxylic acids is 2. The average Bonchev–Trinajstić information content (AvgIpc) is 2.51. The van der Waals surface area contributed by atoms with Crippen LogP contribution in [0.5, 0.6) is 0 Å². The first-order valence-corrected chi connectivity index (χ1v) is 7.18. The van der Waals surface area contributed by atoms with Crippen molar-refractivity contribution < 1.29 is 51.3 Å². The summed E-state index contributed by atoms with van der Waals surface area (Å²) in [4.78, 5) is 19.4.